The highest BCUT2D eigenvalue weighted by Gasteiger charge is 2.40. The van der Waals surface area contributed by atoms with Gasteiger partial charge in [-0.25, -0.2) is 4.68 Å². The van der Waals surface area contributed by atoms with Crippen LogP contribution in [-0.2, 0) is 11.0 Å². The molecule has 0 aliphatic rings. The van der Waals surface area contributed by atoms with E-state index in [4.69, 9.17) is 5.11 Å². The molecular weight excluding hydrogens is 351 g/mol. The van der Waals surface area contributed by atoms with Crippen LogP contribution in [0.1, 0.15) is 41.4 Å². The molecule has 0 saturated heterocycles. The second kappa shape index (κ2) is 7.59. The minimum Gasteiger partial charge on any atom is -0.481 e. The lowest BCUT2D eigenvalue weighted by molar-refractivity contribution is -0.143. The Hall–Kier alpha value is -2.84. The van der Waals surface area contributed by atoms with Gasteiger partial charge in [-0.05, 0) is 31.9 Å². The molecule has 0 radical (unpaired) electrons. The topological polar surface area (TPSA) is 84.2 Å². The number of aryl methyl sites for hydroxylation is 1. The molecule has 0 bridgehead atoms. The Morgan fingerprint density at radius 3 is 2.54 bits per heavy atom. The van der Waals surface area contributed by atoms with Gasteiger partial charge in [0.2, 0.25) is 0 Å². The molecule has 140 valence electrons. The van der Waals surface area contributed by atoms with Crippen molar-refractivity contribution in [3.63, 3.8) is 0 Å². The maximum Gasteiger partial charge on any atom is 0.434 e. The van der Waals surface area contributed by atoms with Crippen molar-refractivity contribution in [3.05, 3.63) is 47.3 Å². The Bertz CT molecular complexity index is 815. The van der Waals surface area contributed by atoms with Crippen molar-refractivity contribution in [1.82, 2.24) is 15.1 Å². The number of carboxylic acids is 1. The van der Waals surface area contributed by atoms with Crippen molar-refractivity contribution in [1.29, 1.82) is 0 Å². The van der Waals surface area contributed by atoms with E-state index in [0.29, 0.717) is 10.2 Å². The molecule has 1 atom stereocenters. The molecule has 1 unspecified atom stereocenters. The quantitative estimate of drug-likeness (QED) is 0.819. The number of para-hydroxylation sites is 1. The number of hydrogen-bond donors (Lipinski definition) is 2. The molecule has 2 rings (SSSR count). The SMILES string of the molecule is Cc1ccccc1-n1ncc(C(=O)NC(C)CCC(=O)O)c1C(F)(F)F. The van der Waals surface area contributed by atoms with E-state index in [1.807, 2.05) is 0 Å². The van der Waals surface area contributed by atoms with Gasteiger partial charge in [-0.3, -0.25) is 9.59 Å². The van der Waals surface area contributed by atoms with E-state index in [0.717, 1.165) is 6.20 Å². The zero-order chi connectivity index (χ0) is 19.5. The molecule has 26 heavy (non-hydrogen) atoms. The lowest BCUT2D eigenvalue weighted by atomic mass is 10.1. The molecule has 6 nitrogen and oxygen atoms in total. The number of halogens is 3. The molecule has 0 aliphatic heterocycles. The molecule has 1 aromatic heterocycles. The van der Waals surface area contributed by atoms with Gasteiger partial charge in [0.05, 0.1) is 17.4 Å². The fourth-order valence-electron chi connectivity index (χ4n) is 2.48. The molecule has 2 aromatic rings. The van der Waals surface area contributed by atoms with E-state index in [1.165, 1.54) is 13.0 Å². The first-order chi connectivity index (χ1) is 12.1. The summed E-state index contributed by atoms with van der Waals surface area (Å²) < 4.78 is 41.5. The maximum absolute atomic E-state index is 13.6. The normalized spacial score (nSPS) is 12.7. The number of hydrogen-bond acceptors (Lipinski definition) is 3. The minimum atomic E-state index is -4.80. The average molecular weight is 369 g/mol. The Morgan fingerprint density at radius 1 is 1.31 bits per heavy atom. The monoisotopic (exact) mass is 369 g/mol. The molecule has 1 amide bonds. The first kappa shape index (κ1) is 19.5. The standard InChI is InChI=1S/C17H18F3N3O3/c1-10-5-3-4-6-13(10)23-15(17(18,19)20)12(9-21-23)16(26)22-11(2)7-8-14(24)25/h3-6,9,11H,7-8H2,1-2H3,(H,22,26)(H,24,25). The summed E-state index contributed by atoms with van der Waals surface area (Å²) in [5.41, 5.74) is -0.988. The summed E-state index contributed by atoms with van der Waals surface area (Å²) in [6.07, 6.45) is -4.02. The highest BCUT2D eigenvalue weighted by molar-refractivity contribution is 5.95. The largest absolute Gasteiger partial charge is 0.481 e. The molecule has 0 saturated carbocycles. The summed E-state index contributed by atoms with van der Waals surface area (Å²) in [4.78, 5) is 22.8. The predicted octanol–water partition coefficient (Wildman–Crippen LogP) is 3.18. The molecule has 0 aliphatic carbocycles. The maximum atomic E-state index is 13.6. The molecule has 0 fully saturated rings. The first-order valence-corrected chi connectivity index (χ1v) is 7.85. The van der Waals surface area contributed by atoms with Crippen molar-refractivity contribution in [3.8, 4) is 5.69 Å². The number of alkyl halides is 3. The molecule has 2 N–H and O–H groups in total. The van der Waals surface area contributed by atoms with Crippen LogP contribution in [0.15, 0.2) is 30.5 Å². The van der Waals surface area contributed by atoms with Crippen LogP contribution in [0.4, 0.5) is 13.2 Å². The van der Waals surface area contributed by atoms with Gasteiger partial charge in [0.15, 0.2) is 5.69 Å². The van der Waals surface area contributed by atoms with Crippen molar-refractivity contribution < 1.29 is 27.9 Å². The van der Waals surface area contributed by atoms with Crippen LogP contribution in [0.2, 0.25) is 0 Å². The summed E-state index contributed by atoms with van der Waals surface area (Å²) in [5.74, 6) is -2.00. The van der Waals surface area contributed by atoms with Crippen LogP contribution in [-0.4, -0.2) is 32.8 Å². The Labute approximate surface area is 147 Å². The summed E-state index contributed by atoms with van der Waals surface area (Å²) in [5, 5.41) is 14.8. The number of aromatic nitrogens is 2. The third-order valence-corrected chi connectivity index (χ3v) is 3.79. The number of carbonyl (C=O) groups excluding carboxylic acids is 1. The second-order valence-electron chi connectivity index (χ2n) is 5.91. The van der Waals surface area contributed by atoms with Crippen LogP contribution < -0.4 is 5.32 Å². The summed E-state index contributed by atoms with van der Waals surface area (Å²) in [6, 6.07) is 5.80. The van der Waals surface area contributed by atoms with E-state index < -0.39 is 35.4 Å². The molecule has 9 heteroatoms. The Balaban J connectivity index is 2.37. The van der Waals surface area contributed by atoms with Crippen molar-refractivity contribution >= 4 is 11.9 Å². The van der Waals surface area contributed by atoms with E-state index in [2.05, 4.69) is 10.4 Å². The van der Waals surface area contributed by atoms with Crippen LogP contribution in [0.3, 0.4) is 0 Å². The van der Waals surface area contributed by atoms with Gasteiger partial charge in [0.1, 0.15) is 0 Å². The van der Waals surface area contributed by atoms with Crippen molar-refractivity contribution in [2.24, 2.45) is 0 Å². The summed E-state index contributed by atoms with van der Waals surface area (Å²) in [7, 11) is 0. The van der Waals surface area contributed by atoms with Gasteiger partial charge in [-0.2, -0.15) is 18.3 Å². The highest BCUT2D eigenvalue weighted by atomic mass is 19.4. The molecule has 1 heterocycles. The molecule has 1 aromatic carbocycles. The smallest absolute Gasteiger partial charge is 0.434 e. The van der Waals surface area contributed by atoms with Crippen LogP contribution in [0.5, 0.6) is 0 Å². The third-order valence-electron chi connectivity index (χ3n) is 3.79. The lowest BCUT2D eigenvalue weighted by Gasteiger charge is -2.16. The van der Waals surface area contributed by atoms with E-state index >= 15 is 0 Å². The minimum absolute atomic E-state index is 0.106. The fourth-order valence-corrected chi connectivity index (χ4v) is 2.48. The summed E-state index contributed by atoms with van der Waals surface area (Å²) in [6.45, 7) is 3.17. The first-order valence-electron chi connectivity index (χ1n) is 7.85. The fraction of sp³-hybridized carbons (Fsp3) is 0.353. The van der Waals surface area contributed by atoms with Gasteiger partial charge in [-0.1, -0.05) is 18.2 Å². The Kier molecular flexibility index (Phi) is 5.69. The van der Waals surface area contributed by atoms with Gasteiger partial charge in [0.25, 0.3) is 5.91 Å². The number of amides is 1. The van der Waals surface area contributed by atoms with E-state index in [1.54, 1.807) is 25.1 Å². The Morgan fingerprint density at radius 2 is 1.96 bits per heavy atom. The zero-order valence-electron chi connectivity index (χ0n) is 14.2. The van der Waals surface area contributed by atoms with Crippen LogP contribution in [0.25, 0.3) is 5.69 Å². The number of nitrogens with zero attached hydrogens (tertiary/aromatic N) is 2. The van der Waals surface area contributed by atoms with Gasteiger partial charge in [-0.15, -0.1) is 0 Å². The summed E-state index contributed by atoms with van der Waals surface area (Å²) >= 11 is 0. The number of carboxylic acid groups (broad SMARTS) is 1. The number of nitrogens with one attached hydrogen (secondary N) is 1. The predicted molar refractivity (Wildman–Crippen MR) is 87.1 cm³/mol. The molecular formula is C17H18F3N3O3. The average Bonchev–Trinajstić information content (AvgIpc) is 2.98. The number of carbonyl (C=O) groups is 2. The van der Waals surface area contributed by atoms with Crippen molar-refractivity contribution in [2.75, 3.05) is 0 Å². The van der Waals surface area contributed by atoms with Crippen LogP contribution >= 0.6 is 0 Å². The third kappa shape index (κ3) is 4.41. The van der Waals surface area contributed by atoms with E-state index in [-0.39, 0.29) is 18.5 Å². The van der Waals surface area contributed by atoms with Crippen molar-refractivity contribution in [2.45, 2.75) is 38.9 Å². The van der Waals surface area contributed by atoms with Crippen LogP contribution in [0, 0.1) is 6.92 Å². The lowest BCUT2D eigenvalue weighted by Crippen LogP contribution is -2.34. The molecule has 0 spiro atoms. The zero-order valence-corrected chi connectivity index (χ0v) is 14.2. The number of rotatable bonds is 6. The van der Waals surface area contributed by atoms with Gasteiger partial charge in [0, 0.05) is 12.5 Å². The highest BCUT2D eigenvalue weighted by Crippen LogP contribution is 2.34. The second-order valence-corrected chi connectivity index (χ2v) is 5.91. The number of benzene rings is 1. The van der Waals surface area contributed by atoms with Gasteiger partial charge < -0.3 is 10.4 Å². The number of aliphatic carboxylic acids is 1. The van der Waals surface area contributed by atoms with E-state index in [9.17, 15) is 22.8 Å². The van der Waals surface area contributed by atoms with Gasteiger partial charge >= 0.3 is 12.1 Å².